The average Bonchev–Trinajstić information content (AvgIpc) is 2.13. The fraction of sp³-hybridized carbons (Fsp3) is 0.222. The molecule has 0 radical (unpaired) electrons. The summed E-state index contributed by atoms with van der Waals surface area (Å²) in [5, 5.41) is 0. The Morgan fingerprint density at radius 3 is 2.60 bits per heavy atom. The molecule has 0 saturated heterocycles. The van der Waals surface area contributed by atoms with Gasteiger partial charge in [-0.1, -0.05) is 31.2 Å². The maximum absolute atomic E-state index is 11.1. The van der Waals surface area contributed by atoms with Crippen LogP contribution >= 0.6 is 0 Å². The number of hydrogen-bond donors (Lipinski definition) is 0. The molecule has 1 aromatic carbocycles. The van der Waals surface area contributed by atoms with Gasteiger partial charge in [-0.3, -0.25) is 4.79 Å². The summed E-state index contributed by atoms with van der Waals surface area (Å²) in [5.74, 6) is 0. The van der Waals surface area contributed by atoms with Gasteiger partial charge in [0.25, 0.3) is 0 Å². The van der Waals surface area contributed by atoms with Crippen LogP contribution in [0.2, 0.25) is 0 Å². The van der Waals surface area contributed by atoms with Crippen LogP contribution in [0.15, 0.2) is 35.1 Å². The second-order valence-electron chi connectivity index (χ2n) is 2.15. The smallest absolute Gasteiger partial charge is 0.181 e. The molecule has 0 fully saturated rings. The van der Waals surface area contributed by atoms with Crippen molar-refractivity contribution >= 4 is 0 Å². The molecule has 0 bridgehead atoms. The standard InChI is InChI=1S/C9H10O/c1-2-8-6-4-3-5-7-9(8)10/h3-7H,2H2,1H3. The van der Waals surface area contributed by atoms with Gasteiger partial charge in [-0.2, -0.15) is 0 Å². The normalized spacial score (nSPS) is 9.30. The molecule has 0 aromatic heterocycles. The topological polar surface area (TPSA) is 17.1 Å². The molecule has 52 valence electrons. The molecule has 0 aliphatic carbocycles. The summed E-state index contributed by atoms with van der Waals surface area (Å²) in [6.45, 7) is 1.98. The molecule has 1 nitrogen and oxygen atoms in total. The van der Waals surface area contributed by atoms with Crippen LogP contribution in [0.1, 0.15) is 12.5 Å². The van der Waals surface area contributed by atoms with E-state index in [4.69, 9.17) is 0 Å². The number of aryl methyl sites for hydroxylation is 1. The second kappa shape index (κ2) is 3.16. The van der Waals surface area contributed by atoms with Gasteiger partial charge >= 0.3 is 0 Å². The zero-order chi connectivity index (χ0) is 7.40. The molecule has 1 heteroatoms. The van der Waals surface area contributed by atoms with Crippen molar-refractivity contribution in [3.05, 3.63) is 46.1 Å². The molecule has 0 saturated carbocycles. The van der Waals surface area contributed by atoms with Gasteiger partial charge < -0.3 is 0 Å². The number of rotatable bonds is 1. The van der Waals surface area contributed by atoms with Gasteiger partial charge in [-0.25, -0.2) is 0 Å². The molecule has 0 N–H and O–H groups in total. The Morgan fingerprint density at radius 2 is 1.90 bits per heavy atom. The van der Waals surface area contributed by atoms with Crippen molar-refractivity contribution in [3.8, 4) is 0 Å². The minimum absolute atomic E-state index is 0.132. The van der Waals surface area contributed by atoms with Crippen LogP contribution < -0.4 is 5.43 Å². The van der Waals surface area contributed by atoms with Gasteiger partial charge in [-0.15, -0.1) is 0 Å². The molecule has 10 heavy (non-hydrogen) atoms. The zero-order valence-electron chi connectivity index (χ0n) is 6.00. The number of hydrogen-bond acceptors (Lipinski definition) is 1. The highest BCUT2D eigenvalue weighted by Gasteiger charge is 1.88. The van der Waals surface area contributed by atoms with E-state index in [9.17, 15) is 4.79 Å². The van der Waals surface area contributed by atoms with Crippen LogP contribution in [-0.2, 0) is 6.42 Å². The molecule has 1 rings (SSSR count). The largest absolute Gasteiger partial charge is 0.290 e. The summed E-state index contributed by atoms with van der Waals surface area (Å²) in [5.41, 5.74) is 1.01. The Hall–Kier alpha value is -1.11. The van der Waals surface area contributed by atoms with Crippen molar-refractivity contribution in [3.63, 3.8) is 0 Å². The summed E-state index contributed by atoms with van der Waals surface area (Å²) in [6.07, 6.45) is 0.813. The Kier molecular flexibility index (Phi) is 2.21. The Bertz CT molecular complexity index is 265. The Morgan fingerprint density at radius 1 is 1.20 bits per heavy atom. The third-order valence-electron chi connectivity index (χ3n) is 1.46. The third kappa shape index (κ3) is 1.44. The summed E-state index contributed by atoms with van der Waals surface area (Å²) < 4.78 is 0. The highest BCUT2D eigenvalue weighted by Crippen LogP contribution is 1.89. The first kappa shape index (κ1) is 7.00. The van der Waals surface area contributed by atoms with E-state index >= 15 is 0 Å². The van der Waals surface area contributed by atoms with E-state index in [1.54, 1.807) is 12.1 Å². The van der Waals surface area contributed by atoms with Crippen LogP contribution in [0.25, 0.3) is 0 Å². The van der Waals surface area contributed by atoms with Crippen LogP contribution in [0, 0.1) is 0 Å². The highest BCUT2D eigenvalue weighted by atomic mass is 16.1. The van der Waals surface area contributed by atoms with Crippen molar-refractivity contribution in [2.45, 2.75) is 13.3 Å². The van der Waals surface area contributed by atoms with Crippen molar-refractivity contribution in [2.24, 2.45) is 0 Å². The molecular weight excluding hydrogens is 124 g/mol. The molecule has 0 unspecified atom stereocenters. The molecule has 1 aromatic rings. The first-order chi connectivity index (χ1) is 4.84. The molecule has 0 atom stereocenters. The molecule has 0 amide bonds. The van der Waals surface area contributed by atoms with Crippen LogP contribution in [0.5, 0.6) is 0 Å². The van der Waals surface area contributed by atoms with Gasteiger partial charge in [0.05, 0.1) is 0 Å². The first-order valence-corrected chi connectivity index (χ1v) is 3.43. The van der Waals surface area contributed by atoms with Gasteiger partial charge in [0.2, 0.25) is 0 Å². The fourth-order valence-corrected chi connectivity index (χ4v) is 0.860. The quantitative estimate of drug-likeness (QED) is 0.570. The van der Waals surface area contributed by atoms with Crippen molar-refractivity contribution in [1.82, 2.24) is 0 Å². The third-order valence-corrected chi connectivity index (χ3v) is 1.46. The van der Waals surface area contributed by atoms with Crippen molar-refractivity contribution in [1.29, 1.82) is 0 Å². The lowest BCUT2D eigenvalue weighted by molar-refractivity contribution is 1.12. The van der Waals surface area contributed by atoms with Gasteiger partial charge in [0.15, 0.2) is 5.43 Å². The summed E-state index contributed by atoms with van der Waals surface area (Å²) in [6, 6.07) is 8.98. The predicted octanol–water partition coefficient (Wildman–Crippen LogP) is 1.61. The molecular formula is C9H10O. The fourth-order valence-electron chi connectivity index (χ4n) is 0.860. The minimum atomic E-state index is 0.132. The van der Waals surface area contributed by atoms with E-state index < -0.39 is 0 Å². The van der Waals surface area contributed by atoms with E-state index in [2.05, 4.69) is 0 Å². The van der Waals surface area contributed by atoms with Gasteiger partial charge in [-0.05, 0) is 18.1 Å². The van der Waals surface area contributed by atoms with E-state index in [0.717, 1.165) is 12.0 Å². The Balaban J connectivity index is 3.28. The second-order valence-corrected chi connectivity index (χ2v) is 2.15. The summed E-state index contributed by atoms with van der Waals surface area (Å²) >= 11 is 0. The van der Waals surface area contributed by atoms with E-state index in [-0.39, 0.29) is 5.43 Å². The lowest BCUT2D eigenvalue weighted by Gasteiger charge is -1.83. The summed E-state index contributed by atoms with van der Waals surface area (Å²) in [4.78, 5) is 11.1. The minimum Gasteiger partial charge on any atom is -0.290 e. The summed E-state index contributed by atoms with van der Waals surface area (Å²) in [7, 11) is 0. The van der Waals surface area contributed by atoms with Crippen LogP contribution in [-0.4, -0.2) is 0 Å². The first-order valence-electron chi connectivity index (χ1n) is 3.43. The van der Waals surface area contributed by atoms with Crippen LogP contribution in [0.3, 0.4) is 0 Å². The molecule has 0 aliphatic heterocycles. The monoisotopic (exact) mass is 134 g/mol. The van der Waals surface area contributed by atoms with E-state index in [0.29, 0.717) is 0 Å². The Labute approximate surface area is 60.3 Å². The SMILES string of the molecule is CCc1cccccc1=O. The van der Waals surface area contributed by atoms with E-state index in [1.165, 1.54) is 0 Å². The maximum Gasteiger partial charge on any atom is 0.181 e. The molecule has 0 spiro atoms. The zero-order valence-corrected chi connectivity index (χ0v) is 6.00. The lowest BCUT2D eigenvalue weighted by atomic mass is 10.2. The highest BCUT2D eigenvalue weighted by molar-refractivity contribution is 5.13. The van der Waals surface area contributed by atoms with Crippen LogP contribution in [0.4, 0.5) is 0 Å². The molecule has 0 heterocycles. The average molecular weight is 134 g/mol. The van der Waals surface area contributed by atoms with E-state index in [1.807, 2.05) is 25.1 Å². The van der Waals surface area contributed by atoms with Crippen molar-refractivity contribution in [2.75, 3.05) is 0 Å². The van der Waals surface area contributed by atoms with Gasteiger partial charge in [0, 0.05) is 0 Å². The maximum atomic E-state index is 11.1. The molecule has 0 aliphatic rings. The predicted molar refractivity (Wildman–Crippen MR) is 42.1 cm³/mol. The van der Waals surface area contributed by atoms with Gasteiger partial charge in [0.1, 0.15) is 0 Å². The lowest BCUT2D eigenvalue weighted by Crippen LogP contribution is -2.01. The van der Waals surface area contributed by atoms with Crippen molar-refractivity contribution < 1.29 is 0 Å².